The molecular weight excluding hydrogens is 110 g/mol. The molecule has 48 valence electrons. The lowest BCUT2D eigenvalue weighted by atomic mass is 10.5. The van der Waals surface area contributed by atoms with Gasteiger partial charge in [0.15, 0.2) is 0 Å². The molecule has 0 bridgehead atoms. The lowest BCUT2D eigenvalue weighted by molar-refractivity contribution is 0.163. The normalized spacial score (nSPS) is 8.75. The van der Waals surface area contributed by atoms with Gasteiger partial charge in [-0.05, 0) is 6.42 Å². The Morgan fingerprint density at radius 2 is 2.38 bits per heavy atom. The molecule has 0 atom stereocenters. The molecule has 0 aliphatic carbocycles. The summed E-state index contributed by atoms with van der Waals surface area (Å²) in [6, 6.07) is 0. The molecule has 0 fully saturated rings. The molecule has 1 N–H and O–H groups in total. The molecule has 0 unspecified atom stereocenters. The molecule has 0 aliphatic rings. The molecule has 0 saturated carbocycles. The zero-order valence-electron chi connectivity index (χ0n) is 4.63. The van der Waals surface area contributed by atoms with E-state index in [0.29, 0.717) is 6.42 Å². The zero-order valence-corrected chi connectivity index (χ0v) is 4.63. The Bertz CT molecular complexity index is 83.4. The summed E-state index contributed by atoms with van der Waals surface area (Å²) in [5.74, 6) is 0. The van der Waals surface area contributed by atoms with Crippen LogP contribution in [0.2, 0.25) is 0 Å². The maximum absolute atomic E-state index is 10.1. The second-order valence-corrected chi connectivity index (χ2v) is 1.38. The molecule has 1 amide bonds. The Morgan fingerprint density at radius 3 is 2.50 bits per heavy atom. The van der Waals surface area contributed by atoms with Crippen molar-refractivity contribution in [3.8, 4) is 0 Å². The SMILES string of the molecule is CCCN([O-])C(=O)O. The largest absolute Gasteiger partial charge is 0.754 e. The average Bonchev–Trinajstić information content (AvgIpc) is 1.67. The molecular formula is C4H8NO3-. The van der Waals surface area contributed by atoms with E-state index in [1.807, 2.05) is 0 Å². The van der Waals surface area contributed by atoms with Gasteiger partial charge in [-0.3, -0.25) is 0 Å². The van der Waals surface area contributed by atoms with Gasteiger partial charge in [0.2, 0.25) is 0 Å². The van der Waals surface area contributed by atoms with Crippen molar-refractivity contribution in [1.82, 2.24) is 5.06 Å². The molecule has 0 aromatic carbocycles. The molecule has 4 heteroatoms. The van der Waals surface area contributed by atoms with E-state index < -0.39 is 6.09 Å². The molecule has 0 rings (SSSR count). The fourth-order valence-electron chi connectivity index (χ4n) is 0.299. The van der Waals surface area contributed by atoms with Crippen molar-refractivity contribution in [3.63, 3.8) is 0 Å². The van der Waals surface area contributed by atoms with E-state index in [4.69, 9.17) is 5.11 Å². The van der Waals surface area contributed by atoms with E-state index in [1.54, 1.807) is 6.92 Å². The van der Waals surface area contributed by atoms with Crippen LogP contribution < -0.4 is 0 Å². The molecule has 0 saturated heterocycles. The van der Waals surface area contributed by atoms with Crippen LogP contribution in [0.15, 0.2) is 0 Å². The van der Waals surface area contributed by atoms with E-state index in [9.17, 15) is 10.0 Å². The van der Waals surface area contributed by atoms with Gasteiger partial charge in [0.25, 0.3) is 0 Å². The van der Waals surface area contributed by atoms with Gasteiger partial charge in [-0.1, -0.05) is 6.92 Å². The lowest BCUT2D eigenvalue weighted by Crippen LogP contribution is -2.22. The van der Waals surface area contributed by atoms with Crippen LogP contribution in [0, 0.1) is 5.21 Å². The first kappa shape index (κ1) is 7.23. The highest BCUT2D eigenvalue weighted by atomic mass is 16.6. The van der Waals surface area contributed by atoms with Crippen molar-refractivity contribution in [2.24, 2.45) is 0 Å². The Labute approximate surface area is 47.3 Å². The first-order valence-electron chi connectivity index (χ1n) is 2.36. The van der Waals surface area contributed by atoms with Gasteiger partial charge in [0.05, 0.1) is 0 Å². The number of hydrogen-bond acceptors (Lipinski definition) is 2. The van der Waals surface area contributed by atoms with Crippen molar-refractivity contribution in [1.29, 1.82) is 0 Å². The number of rotatable bonds is 2. The van der Waals surface area contributed by atoms with Gasteiger partial charge in [-0.2, -0.15) is 0 Å². The number of hydrogen-bond donors (Lipinski definition) is 1. The van der Waals surface area contributed by atoms with Crippen LogP contribution in [0.25, 0.3) is 0 Å². The standard InChI is InChI=1S/C4H8NO3/c1-2-3-5(8)4(6)7/h2-3H2,1H3,(H,6,7)/q-1. The predicted molar refractivity (Wildman–Crippen MR) is 28.4 cm³/mol. The molecule has 0 aromatic heterocycles. The Hall–Kier alpha value is -0.770. The summed E-state index contributed by atoms with van der Waals surface area (Å²) < 4.78 is 0. The monoisotopic (exact) mass is 118 g/mol. The topological polar surface area (TPSA) is 63.6 Å². The number of carbonyl (C=O) groups is 1. The van der Waals surface area contributed by atoms with Gasteiger partial charge >= 0.3 is 6.09 Å². The van der Waals surface area contributed by atoms with Crippen molar-refractivity contribution in [2.45, 2.75) is 13.3 Å². The Morgan fingerprint density at radius 1 is 1.88 bits per heavy atom. The highest BCUT2D eigenvalue weighted by molar-refractivity contribution is 5.65. The van der Waals surface area contributed by atoms with Crippen LogP contribution in [0.3, 0.4) is 0 Å². The first-order valence-corrected chi connectivity index (χ1v) is 2.36. The predicted octanol–water partition coefficient (Wildman–Crippen LogP) is 0.874. The minimum Gasteiger partial charge on any atom is -0.754 e. The van der Waals surface area contributed by atoms with Gasteiger partial charge < -0.3 is 15.4 Å². The van der Waals surface area contributed by atoms with Gasteiger partial charge in [-0.25, -0.2) is 4.79 Å². The van der Waals surface area contributed by atoms with Crippen LogP contribution >= 0.6 is 0 Å². The Balaban J connectivity index is 3.32. The lowest BCUT2D eigenvalue weighted by Gasteiger charge is -2.22. The quantitative estimate of drug-likeness (QED) is 0.547. The third-order valence-electron chi connectivity index (χ3n) is 0.640. The first-order chi connectivity index (χ1) is 3.68. The summed E-state index contributed by atoms with van der Waals surface area (Å²) in [7, 11) is 0. The van der Waals surface area contributed by atoms with Gasteiger partial charge in [-0.15, -0.1) is 0 Å². The summed E-state index contributed by atoms with van der Waals surface area (Å²) in [5.41, 5.74) is 0. The maximum Gasteiger partial charge on any atom is 0.396 e. The van der Waals surface area contributed by atoms with Crippen LogP contribution in [0.5, 0.6) is 0 Å². The molecule has 0 aromatic rings. The minimum atomic E-state index is -1.41. The molecule has 4 nitrogen and oxygen atoms in total. The maximum atomic E-state index is 10.1. The van der Waals surface area contributed by atoms with Crippen LogP contribution in [-0.4, -0.2) is 22.8 Å². The summed E-state index contributed by atoms with van der Waals surface area (Å²) in [4.78, 5) is 9.70. The van der Waals surface area contributed by atoms with Crippen LogP contribution in [0.1, 0.15) is 13.3 Å². The summed E-state index contributed by atoms with van der Waals surface area (Å²) in [6.07, 6.45) is -0.845. The molecule has 0 spiro atoms. The highest BCUT2D eigenvalue weighted by Crippen LogP contribution is 1.86. The van der Waals surface area contributed by atoms with Crippen LogP contribution in [-0.2, 0) is 0 Å². The molecule has 0 aliphatic heterocycles. The van der Waals surface area contributed by atoms with E-state index in [2.05, 4.69) is 0 Å². The van der Waals surface area contributed by atoms with Gasteiger partial charge in [0.1, 0.15) is 0 Å². The minimum absolute atomic E-state index is 0.0139. The number of nitrogens with zero attached hydrogens (tertiary/aromatic N) is 1. The zero-order chi connectivity index (χ0) is 6.57. The van der Waals surface area contributed by atoms with Crippen molar-refractivity contribution < 1.29 is 9.90 Å². The number of hydroxylamine groups is 2. The second-order valence-electron chi connectivity index (χ2n) is 1.38. The fraction of sp³-hybridized carbons (Fsp3) is 0.750. The fourth-order valence-corrected chi connectivity index (χ4v) is 0.299. The third kappa shape index (κ3) is 2.41. The van der Waals surface area contributed by atoms with E-state index >= 15 is 0 Å². The Kier molecular flexibility index (Phi) is 2.95. The van der Waals surface area contributed by atoms with E-state index in [1.165, 1.54) is 0 Å². The molecule has 0 radical (unpaired) electrons. The van der Waals surface area contributed by atoms with E-state index in [0.717, 1.165) is 0 Å². The molecule has 8 heavy (non-hydrogen) atoms. The van der Waals surface area contributed by atoms with Crippen molar-refractivity contribution in [2.75, 3.05) is 6.54 Å². The summed E-state index contributed by atoms with van der Waals surface area (Å²) in [5, 5.41) is 18.0. The van der Waals surface area contributed by atoms with E-state index in [-0.39, 0.29) is 11.6 Å². The third-order valence-corrected chi connectivity index (χ3v) is 0.640. The summed E-state index contributed by atoms with van der Waals surface area (Å²) in [6.45, 7) is 1.81. The highest BCUT2D eigenvalue weighted by Gasteiger charge is 1.93. The second kappa shape index (κ2) is 3.26. The number of amides is 1. The number of carboxylic acid groups (broad SMARTS) is 1. The van der Waals surface area contributed by atoms with Gasteiger partial charge in [0, 0.05) is 6.54 Å². The average molecular weight is 118 g/mol. The summed E-state index contributed by atoms with van der Waals surface area (Å²) >= 11 is 0. The van der Waals surface area contributed by atoms with Crippen molar-refractivity contribution in [3.05, 3.63) is 5.21 Å². The smallest absolute Gasteiger partial charge is 0.396 e. The molecule has 0 heterocycles. The van der Waals surface area contributed by atoms with Crippen LogP contribution in [0.4, 0.5) is 4.79 Å². The van der Waals surface area contributed by atoms with Crippen molar-refractivity contribution >= 4 is 6.09 Å².